The highest BCUT2D eigenvalue weighted by Gasteiger charge is 2.34. The largest absolute Gasteiger partial charge is 0.449 e. The normalized spacial score (nSPS) is 15.6. The van der Waals surface area contributed by atoms with Gasteiger partial charge in [0, 0.05) is 31.2 Å². The van der Waals surface area contributed by atoms with Gasteiger partial charge in [-0.25, -0.2) is 4.79 Å². The summed E-state index contributed by atoms with van der Waals surface area (Å²) in [7, 11) is 0. The maximum Gasteiger partial charge on any atom is 0.418 e. The lowest BCUT2D eigenvalue weighted by Gasteiger charge is -2.33. The van der Waals surface area contributed by atoms with Crippen molar-refractivity contribution in [2.45, 2.75) is 20.0 Å². The van der Waals surface area contributed by atoms with Crippen LogP contribution in [0, 0.1) is 5.92 Å². The fourth-order valence-corrected chi connectivity index (χ4v) is 2.84. The predicted molar refractivity (Wildman–Crippen MR) is 99.3 cm³/mol. The molecule has 1 saturated heterocycles. The quantitative estimate of drug-likeness (QED) is 0.787. The smallest absolute Gasteiger partial charge is 0.418 e. The minimum absolute atomic E-state index is 0.0641. The third kappa shape index (κ3) is 6.56. The molecular formula is C18H23ClF3N3O3. The summed E-state index contributed by atoms with van der Waals surface area (Å²) in [5.74, 6) is -0.327. The summed E-state index contributed by atoms with van der Waals surface area (Å²) in [6, 6.07) is 3.19. The molecule has 28 heavy (non-hydrogen) atoms. The maximum atomic E-state index is 13.1. The zero-order valence-corrected chi connectivity index (χ0v) is 16.4. The van der Waals surface area contributed by atoms with E-state index in [1.165, 1.54) is 6.07 Å². The number of anilines is 1. The van der Waals surface area contributed by atoms with Crippen molar-refractivity contribution in [2.24, 2.45) is 5.92 Å². The molecule has 0 spiro atoms. The number of nitrogens with zero attached hydrogens (tertiary/aromatic N) is 2. The molecule has 1 aromatic rings. The lowest BCUT2D eigenvalue weighted by atomic mass is 10.1. The molecule has 0 saturated carbocycles. The van der Waals surface area contributed by atoms with E-state index in [0.29, 0.717) is 32.8 Å². The molecule has 1 aromatic carbocycles. The molecule has 1 heterocycles. The summed E-state index contributed by atoms with van der Waals surface area (Å²) in [5, 5.41) is 2.23. The number of alkyl halides is 3. The van der Waals surface area contributed by atoms with Gasteiger partial charge >= 0.3 is 12.3 Å². The van der Waals surface area contributed by atoms with Gasteiger partial charge in [-0.05, 0) is 24.1 Å². The Bertz CT molecular complexity index is 705. The van der Waals surface area contributed by atoms with E-state index in [1.807, 2.05) is 13.8 Å². The van der Waals surface area contributed by atoms with Crippen LogP contribution in [0.5, 0.6) is 0 Å². The molecular weight excluding hydrogens is 399 g/mol. The Morgan fingerprint density at radius 3 is 2.43 bits per heavy atom. The van der Waals surface area contributed by atoms with Crippen LogP contribution in [0.2, 0.25) is 5.02 Å². The topological polar surface area (TPSA) is 61.9 Å². The Hall–Kier alpha value is -2.00. The van der Waals surface area contributed by atoms with Crippen LogP contribution in [0.3, 0.4) is 0 Å². The number of amides is 2. The van der Waals surface area contributed by atoms with Crippen LogP contribution in [0.15, 0.2) is 18.2 Å². The van der Waals surface area contributed by atoms with Gasteiger partial charge in [0.1, 0.15) is 0 Å². The fraction of sp³-hybridized carbons (Fsp3) is 0.556. The Labute approximate surface area is 166 Å². The van der Waals surface area contributed by atoms with Crippen LogP contribution in [-0.2, 0) is 15.7 Å². The van der Waals surface area contributed by atoms with E-state index >= 15 is 0 Å². The highest BCUT2D eigenvalue weighted by Crippen LogP contribution is 2.36. The van der Waals surface area contributed by atoms with Gasteiger partial charge in [-0.3, -0.25) is 9.69 Å². The summed E-state index contributed by atoms with van der Waals surface area (Å²) >= 11 is 5.63. The summed E-state index contributed by atoms with van der Waals surface area (Å²) < 4.78 is 44.5. The Kier molecular flexibility index (Phi) is 7.54. The third-order valence-corrected chi connectivity index (χ3v) is 4.33. The van der Waals surface area contributed by atoms with Gasteiger partial charge in [-0.1, -0.05) is 25.4 Å². The number of carbonyl (C=O) groups is 2. The van der Waals surface area contributed by atoms with Crippen LogP contribution >= 0.6 is 11.6 Å². The van der Waals surface area contributed by atoms with Crippen LogP contribution in [-0.4, -0.2) is 61.1 Å². The monoisotopic (exact) mass is 421 g/mol. The third-order valence-electron chi connectivity index (χ3n) is 4.10. The molecule has 1 aliphatic rings. The van der Waals surface area contributed by atoms with Crippen molar-refractivity contribution in [3.05, 3.63) is 28.8 Å². The number of hydrogen-bond donors (Lipinski definition) is 1. The van der Waals surface area contributed by atoms with Crippen LogP contribution in [0.1, 0.15) is 19.4 Å². The van der Waals surface area contributed by atoms with Crippen molar-refractivity contribution in [3.8, 4) is 0 Å². The van der Waals surface area contributed by atoms with Crippen molar-refractivity contribution in [1.82, 2.24) is 9.80 Å². The van der Waals surface area contributed by atoms with E-state index in [2.05, 4.69) is 5.32 Å². The lowest BCUT2D eigenvalue weighted by Crippen LogP contribution is -2.50. The first-order chi connectivity index (χ1) is 13.1. The number of hydrogen-bond acceptors (Lipinski definition) is 4. The standard InChI is InChI=1S/C18H23ClF3N3O3/c1-12(2)11-28-17(27)25-7-5-24(6-8-25)10-16(26)23-15-4-3-13(19)9-14(15)18(20,21)22/h3-4,9,12H,5-8,10-11H2,1-2H3,(H,23,26). The molecule has 1 N–H and O–H groups in total. The summed E-state index contributed by atoms with van der Waals surface area (Å²) in [6.07, 6.45) is -5.02. The molecule has 1 fully saturated rings. The molecule has 6 nitrogen and oxygen atoms in total. The second kappa shape index (κ2) is 9.47. The fourth-order valence-electron chi connectivity index (χ4n) is 2.67. The number of halogens is 4. The number of nitrogens with one attached hydrogen (secondary N) is 1. The average molecular weight is 422 g/mol. The lowest BCUT2D eigenvalue weighted by molar-refractivity contribution is -0.137. The van der Waals surface area contributed by atoms with Crippen molar-refractivity contribution >= 4 is 29.3 Å². The number of rotatable bonds is 5. The Morgan fingerprint density at radius 1 is 1.21 bits per heavy atom. The molecule has 0 aromatic heterocycles. The van der Waals surface area contributed by atoms with Crippen molar-refractivity contribution in [1.29, 1.82) is 0 Å². The first-order valence-electron chi connectivity index (χ1n) is 8.87. The van der Waals surface area contributed by atoms with Crippen LogP contribution < -0.4 is 5.32 Å². The molecule has 2 amide bonds. The number of carbonyl (C=O) groups excluding carboxylic acids is 2. The van der Waals surface area contributed by atoms with Crippen molar-refractivity contribution < 1.29 is 27.5 Å². The molecule has 0 radical (unpaired) electrons. The zero-order chi connectivity index (χ0) is 20.9. The molecule has 1 aliphatic heterocycles. The van der Waals surface area contributed by atoms with E-state index in [-0.39, 0.29) is 23.2 Å². The zero-order valence-electron chi connectivity index (χ0n) is 15.7. The number of piperazine rings is 1. The predicted octanol–water partition coefficient (Wildman–Crippen LogP) is 3.71. The van der Waals surface area contributed by atoms with E-state index in [4.69, 9.17) is 16.3 Å². The first-order valence-corrected chi connectivity index (χ1v) is 9.24. The van der Waals surface area contributed by atoms with Gasteiger partial charge in [-0.15, -0.1) is 0 Å². The minimum Gasteiger partial charge on any atom is -0.449 e. The van der Waals surface area contributed by atoms with Gasteiger partial charge in [0.25, 0.3) is 0 Å². The van der Waals surface area contributed by atoms with Crippen molar-refractivity contribution in [3.63, 3.8) is 0 Å². The van der Waals surface area contributed by atoms with E-state index in [1.54, 1.807) is 9.80 Å². The van der Waals surface area contributed by atoms with E-state index in [9.17, 15) is 22.8 Å². The average Bonchev–Trinajstić information content (AvgIpc) is 2.61. The second-order valence-electron chi connectivity index (χ2n) is 6.97. The summed E-state index contributed by atoms with van der Waals surface area (Å²) in [6.45, 7) is 5.77. The highest BCUT2D eigenvalue weighted by atomic mass is 35.5. The van der Waals surface area contributed by atoms with Crippen LogP contribution in [0.25, 0.3) is 0 Å². The molecule has 0 atom stereocenters. The van der Waals surface area contributed by atoms with Gasteiger partial charge in [0.15, 0.2) is 0 Å². The molecule has 2 rings (SSSR count). The minimum atomic E-state index is -4.63. The number of benzene rings is 1. The molecule has 0 unspecified atom stereocenters. The van der Waals surface area contributed by atoms with Gasteiger partial charge in [0.05, 0.1) is 24.4 Å². The van der Waals surface area contributed by atoms with E-state index < -0.39 is 23.7 Å². The van der Waals surface area contributed by atoms with Gasteiger partial charge < -0.3 is 15.0 Å². The molecule has 156 valence electrons. The second-order valence-corrected chi connectivity index (χ2v) is 7.41. The molecule has 0 aliphatic carbocycles. The Balaban J connectivity index is 1.86. The van der Waals surface area contributed by atoms with Gasteiger partial charge in [-0.2, -0.15) is 13.2 Å². The SMILES string of the molecule is CC(C)COC(=O)N1CCN(CC(=O)Nc2ccc(Cl)cc2C(F)(F)F)CC1. The van der Waals surface area contributed by atoms with Crippen molar-refractivity contribution in [2.75, 3.05) is 44.6 Å². The summed E-state index contributed by atoms with van der Waals surface area (Å²) in [5.41, 5.74) is -1.33. The van der Waals surface area contributed by atoms with E-state index in [0.717, 1.165) is 12.1 Å². The highest BCUT2D eigenvalue weighted by molar-refractivity contribution is 6.30. The maximum absolute atomic E-state index is 13.1. The van der Waals surface area contributed by atoms with Gasteiger partial charge in [0.2, 0.25) is 5.91 Å². The Morgan fingerprint density at radius 2 is 1.86 bits per heavy atom. The van der Waals surface area contributed by atoms with Crippen LogP contribution in [0.4, 0.5) is 23.7 Å². The first kappa shape index (κ1) is 22.3. The number of ether oxygens (including phenoxy) is 1. The molecule has 10 heteroatoms. The summed E-state index contributed by atoms with van der Waals surface area (Å²) in [4.78, 5) is 27.4. The molecule has 0 bridgehead atoms.